The fraction of sp³-hybridized carbons (Fsp3) is 0.933. The number of esters is 4. The summed E-state index contributed by atoms with van der Waals surface area (Å²) >= 11 is 0. The number of ether oxygens (including phenoxy) is 4. The smallest absolute Gasteiger partial charge is 0.462 e. The van der Waals surface area contributed by atoms with Gasteiger partial charge in [-0.3, -0.25) is 37.3 Å². The lowest BCUT2D eigenvalue weighted by atomic mass is 10.0. The van der Waals surface area contributed by atoms with Gasteiger partial charge in [-0.1, -0.05) is 229 Å². The highest BCUT2D eigenvalue weighted by atomic mass is 31.2. The Bertz CT molecular complexity index is 1590. The molecule has 2 unspecified atom stereocenters. The van der Waals surface area contributed by atoms with Crippen molar-refractivity contribution in [2.24, 2.45) is 23.7 Å². The third-order valence-corrected chi connectivity index (χ3v) is 15.5. The molecule has 0 heterocycles. The number of hydrogen-bond acceptors (Lipinski definition) is 15. The first-order valence-corrected chi connectivity index (χ1v) is 34.2. The maximum atomic E-state index is 12.9. The summed E-state index contributed by atoms with van der Waals surface area (Å²) in [6, 6.07) is 0. The van der Waals surface area contributed by atoms with Gasteiger partial charge in [0.15, 0.2) is 12.2 Å². The fourth-order valence-electron chi connectivity index (χ4n) is 8.72. The Hall–Kier alpha value is -1.94. The summed E-state index contributed by atoms with van der Waals surface area (Å²) in [5, 5.41) is 10.5. The summed E-state index contributed by atoms with van der Waals surface area (Å²) < 4.78 is 67.7. The summed E-state index contributed by atoms with van der Waals surface area (Å²) in [6.07, 6.45) is 28.4. The lowest BCUT2D eigenvalue weighted by molar-refractivity contribution is -0.161. The van der Waals surface area contributed by atoms with Crippen LogP contribution in [0.25, 0.3) is 0 Å². The van der Waals surface area contributed by atoms with E-state index >= 15 is 0 Å². The molecule has 0 aromatic rings. The van der Waals surface area contributed by atoms with Gasteiger partial charge in [0.2, 0.25) is 0 Å². The molecule has 0 rings (SSSR count). The van der Waals surface area contributed by atoms with E-state index in [2.05, 4.69) is 55.4 Å². The Labute approximate surface area is 479 Å². The molecule has 0 saturated heterocycles. The van der Waals surface area contributed by atoms with Crippen molar-refractivity contribution in [1.82, 2.24) is 0 Å². The average molecular weight is 1170 g/mol. The van der Waals surface area contributed by atoms with Crippen LogP contribution in [0.3, 0.4) is 0 Å². The number of carbonyl (C=O) groups is 4. The van der Waals surface area contributed by atoms with Crippen molar-refractivity contribution in [3.63, 3.8) is 0 Å². The third kappa shape index (κ3) is 55.0. The summed E-state index contributed by atoms with van der Waals surface area (Å²) in [7, 11) is -9.88. The van der Waals surface area contributed by atoms with E-state index < -0.39 is 97.5 Å². The SMILES string of the molecule is CC(C)CCCCCCCCCC(=O)OC[C@H](COP(=O)(O)OC[C@@H](O)COP(=O)(O)OC[C@@H](COC(=O)CCCCCCCCC(C)C)OC(=O)CCCCCCCCCC(C)C)OC(=O)CCCCCCCCCC(C)C. The van der Waals surface area contributed by atoms with Crippen molar-refractivity contribution >= 4 is 39.5 Å². The first-order chi connectivity index (χ1) is 37.6. The second-order valence-electron chi connectivity index (χ2n) is 23.6. The molecule has 19 heteroatoms. The predicted octanol–water partition coefficient (Wildman–Crippen LogP) is 15.8. The molecule has 468 valence electrons. The largest absolute Gasteiger partial charge is 0.472 e. The molecule has 79 heavy (non-hydrogen) atoms. The van der Waals surface area contributed by atoms with Crippen LogP contribution in [0.15, 0.2) is 0 Å². The van der Waals surface area contributed by atoms with E-state index in [0.717, 1.165) is 103 Å². The van der Waals surface area contributed by atoms with Crippen LogP contribution < -0.4 is 0 Å². The van der Waals surface area contributed by atoms with Crippen molar-refractivity contribution in [3.8, 4) is 0 Å². The van der Waals surface area contributed by atoms with Crippen LogP contribution in [0, 0.1) is 23.7 Å². The van der Waals surface area contributed by atoms with E-state index in [0.29, 0.717) is 49.4 Å². The third-order valence-electron chi connectivity index (χ3n) is 13.6. The molecule has 0 radical (unpaired) electrons. The van der Waals surface area contributed by atoms with Gasteiger partial charge in [-0.05, 0) is 49.4 Å². The molecule has 0 amide bonds. The van der Waals surface area contributed by atoms with E-state index in [1.807, 2.05) is 0 Å². The molecule has 0 aliphatic rings. The first-order valence-electron chi connectivity index (χ1n) is 31.2. The fourth-order valence-corrected chi connectivity index (χ4v) is 10.3. The van der Waals surface area contributed by atoms with Gasteiger partial charge in [0.25, 0.3) is 0 Å². The van der Waals surface area contributed by atoms with Crippen LogP contribution in [0.1, 0.15) is 280 Å². The molecule has 0 saturated carbocycles. The maximum absolute atomic E-state index is 12.9. The monoisotopic (exact) mass is 1170 g/mol. The minimum Gasteiger partial charge on any atom is -0.462 e. The zero-order valence-corrected chi connectivity index (χ0v) is 52.8. The molecule has 0 bridgehead atoms. The molecule has 5 atom stereocenters. The van der Waals surface area contributed by atoms with Gasteiger partial charge in [-0.15, -0.1) is 0 Å². The first kappa shape index (κ1) is 77.1. The highest BCUT2D eigenvalue weighted by Gasteiger charge is 2.30. The molecule has 3 N–H and O–H groups in total. The normalized spacial score (nSPS) is 14.6. The zero-order chi connectivity index (χ0) is 59.0. The number of hydrogen-bond donors (Lipinski definition) is 3. The number of phosphoric acid groups is 2. The maximum Gasteiger partial charge on any atom is 0.472 e. The van der Waals surface area contributed by atoms with Crippen LogP contribution >= 0.6 is 15.6 Å². The number of carbonyl (C=O) groups excluding carboxylic acids is 4. The van der Waals surface area contributed by atoms with Gasteiger partial charge < -0.3 is 33.8 Å². The molecule has 17 nitrogen and oxygen atoms in total. The molecule has 0 aromatic heterocycles. The standard InChI is InChI=1S/C60H116O17P2/c1-50(2)36-28-20-12-9-15-24-32-40-57(62)70-46-55(76-59(64)42-34-26-16-10-13-21-29-37-51(3)4)48-74-78(66,67)72-44-54(61)45-73-79(68,69)75-49-56(47-71-58(63)41-33-25-19-18-23-31-39-53(7)8)77-60(65)43-35-27-17-11-14-22-30-38-52(5)6/h50-56,61H,9-49H2,1-8H3,(H,66,67)(H,68,69)/t54-,55-,56-/m1/s1. The van der Waals surface area contributed by atoms with E-state index in [9.17, 15) is 43.2 Å². The molecular formula is C60H116O17P2. The van der Waals surface area contributed by atoms with Crippen molar-refractivity contribution in [2.75, 3.05) is 39.6 Å². The second-order valence-corrected chi connectivity index (χ2v) is 26.5. The lowest BCUT2D eigenvalue weighted by Gasteiger charge is -2.21. The van der Waals surface area contributed by atoms with Gasteiger partial charge in [0.1, 0.15) is 19.3 Å². The highest BCUT2D eigenvalue weighted by Crippen LogP contribution is 2.45. The van der Waals surface area contributed by atoms with Crippen molar-refractivity contribution < 1.29 is 80.2 Å². The molecule has 0 spiro atoms. The minimum atomic E-state index is -4.94. The number of aliphatic hydroxyl groups is 1. The molecule has 0 aliphatic carbocycles. The zero-order valence-electron chi connectivity index (χ0n) is 51.0. The Kier molecular flexibility index (Phi) is 49.3. The minimum absolute atomic E-state index is 0.101. The number of unbranched alkanes of at least 4 members (excludes halogenated alkanes) is 23. The average Bonchev–Trinajstić information content (AvgIpc) is 3.38. The summed E-state index contributed by atoms with van der Waals surface area (Å²) in [5.74, 6) is 0.626. The predicted molar refractivity (Wildman–Crippen MR) is 312 cm³/mol. The van der Waals surface area contributed by atoms with Gasteiger partial charge in [-0.25, -0.2) is 9.13 Å². The van der Waals surface area contributed by atoms with Crippen molar-refractivity contribution in [2.45, 2.75) is 298 Å². The molecular weight excluding hydrogens is 1050 g/mol. The highest BCUT2D eigenvalue weighted by molar-refractivity contribution is 7.47. The number of rotatable bonds is 57. The van der Waals surface area contributed by atoms with Gasteiger partial charge in [-0.2, -0.15) is 0 Å². The van der Waals surface area contributed by atoms with E-state index in [1.54, 1.807) is 0 Å². The van der Waals surface area contributed by atoms with E-state index in [1.165, 1.54) is 70.6 Å². The quantitative estimate of drug-likeness (QED) is 0.0222. The Balaban J connectivity index is 5.25. The molecule has 0 fully saturated rings. The van der Waals surface area contributed by atoms with Crippen LogP contribution in [0.4, 0.5) is 0 Å². The van der Waals surface area contributed by atoms with Gasteiger partial charge in [0, 0.05) is 25.7 Å². The van der Waals surface area contributed by atoms with E-state index in [4.69, 9.17) is 37.0 Å². The van der Waals surface area contributed by atoms with Crippen LogP contribution in [0.5, 0.6) is 0 Å². The van der Waals surface area contributed by atoms with Crippen LogP contribution in [0.2, 0.25) is 0 Å². The summed E-state index contributed by atoms with van der Waals surface area (Å²) in [4.78, 5) is 71.9. The molecule has 0 aromatic carbocycles. The van der Waals surface area contributed by atoms with Crippen LogP contribution in [-0.4, -0.2) is 96.7 Å². The van der Waals surface area contributed by atoms with E-state index in [-0.39, 0.29) is 25.7 Å². The van der Waals surface area contributed by atoms with Gasteiger partial charge >= 0.3 is 39.5 Å². The topological polar surface area (TPSA) is 237 Å². The Morgan fingerprint density at radius 1 is 0.316 bits per heavy atom. The Morgan fingerprint density at radius 2 is 0.532 bits per heavy atom. The Morgan fingerprint density at radius 3 is 0.785 bits per heavy atom. The van der Waals surface area contributed by atoms with Crippen molar-refractivity contribution in [3.05, 3.63) is 0 Å². The van der Waals surface area contributed by atoms with Crippen molar-refractivity contribution in [1.29, 1.82) is 0 Å². The lowest BCUT2D eigenvalue weighted by Crippen LogP contribution is -2.30. The number of aliphatic hydroxyl groups excluding tert-OH is 1. The summed E-state index contributed by atoms with van der Waals surface area (Å²) in [5.41, 5.74) is 0. The molecule has 0 aliphatic heterocycles. The van der Waals surface area contributed by atoms with Crippen LogP contribution in [-0.2, 0) is 65.4 Å². The van der Waals surface area contributed by atoms with Gasteiger partial charge in [0.05, 0.1) is 26.4 Å². The summed E-state index contributed by atoms with van der Waals surface area (Å²) in [6.45, 7) is 13.8. The number of phosphoric ester groups is 2. The second kappa shape index (κ2) is 50.6.